The van der Waals surface area contributed by atoms with Crippen LogP contribution in [0.1, 0.15) is 37.8 Å². The second-order valence-corrected chi connectivity index (χ2v) is 6.32. The van der Waals surface area contributed by atoms with Crippen molar-refractivity contribution in [1.29, 1.82) is 0 Å². The molecule has 3 atom stereocenters. The fraction of sp³-hybridized carbons (Fsp3) is 0.647. The standard InChI is InChI=1S/C17H25NO/c1-5-17-8-9-18(3)16(12(17)2)10-13-6-7-14(19-4)11-15(13)17/h6-7,11-12,16H,5,8-10H2,1-4H3/t12-,16+,17?/m0/s1. The van der Waals surface area contributed by atoms with Crippen LogP contribution in [0.25, 0.3) is 0 Å². The first-order valence-corrected chi connectivity index (χ1v) is 7.50. The number of fused-ring (bicyclic) bond motifs is 4. The Morgan fingerprint density at radius 1 is 1.42 bits per heavy atom. The Morgan fingerprint density at radius 2 is 2.21 bits per heavy atom. The van der Waals surface area contributed by atoms with Crippen molar-refractivity contribution in [3.8, 4) is 5.75 Å². The van der Waals surface area contributed by atoms with Crippen LogP contribution in [0.15, 0.2) is 18.2 Å². The molecule has 0 radical (unpaired) electrons. The van der Waals surface area contributed by atoms with Crippen LogP contribution >= 0.6 is 0 Å². The van der Waals surface area contributed by atoms with E-state index in [0.717, 1.165) is 11.7 Å². The summed E-state index contributed by atoms with van der Waals surface area (Å²) in [5, 5.41) is 0. The van der Waals surface area contributed by atoms with Crippen molar-refractivity contribution in [2.24, 2.45) is 5.92 Å². The number of ether oxygens (including phenoxy) is 1. The molecule has 0 N–H and O–H groups in total. The molecule has 1 fully saturated rings. The van der Waals surface area contributed by atoms with Crippen molar-refractivity contribution < 1.29 is 4.74 Å². The molecule has 2 heteroatoms. The van der Waals surface area contributed by atoms with Crippen molar-refractivity contribution >= 4 is 0 Å². The average molecular weight is 259 g/mol. The highest BCUT2D eigenvalue weighted by Crippen LogP contribution is 2.51. The summed E-state index contributed by atoms with van der Waals surface area (Å²) in [4.78, 5) is 2.56. The molecule has 2 aliphatic rings. The van der Waals surface area contributed by atoms with E-state index in [1.807, 2.05) is 0 Å². The van der Waals surface area contributed by atoms with E-state index in [1.54, 1.807) is 12.7 Å². The number of hydrogen-bond donors (Lipinski definition) is 0. The first-order chi connectivity index (χ1) is 9.12. The second kappa shape index (κ2) is 4.52. The summed E-state index contributed by atoms with van der Waals surface area (Å²) in [5.41, 5.74) is 3.46. The number of rotatable bonds is 2. The fourth-order valence-electron chi connectivity index (χ4n) is 4.47. The predicted molar refractivity (Wildman–Crippen MR) is 78.9 cm³/mol. The van der Waals surface area contributed by atoms with E-state index in [2.05, 4.69) is 44.0 Å². The SMILES string of the molecule is CCC12CCN(C)[C@H](Cc3ccc(OC)cc31)[C@@H]2C. The number of nitrogens with zero attached hydrogens (tertiary/aromatic N) is 1. The predicted octanol–water partition coefficient (Wildman–Crippen LogP) is 3.24. The summed E-state index contributed by atoms with van der Waals surface area (Å²) in [6.07, 6.45) is 3.70. The minimum Gasteiger partial charge on any atom is -0.497 e. The highest BCUT2D eigenvalue weighted by atomic mass is 16.5. The molecular formula is C17H25NO. The molecule has 0 saturated carbocycles. The maximum Gasteiger partial charge on any atom is 0.119 e. The van der Waals surface area contributed by atoms with Crippen molar-refractivity contribution in [2.45, 2.75) is 44.6 Å². The van der Waals surface area contributed by atoms with Gasteiger partial charge in [-0.3, -0.25) is 0 Å². The first-order valence-electron chi connectivity index (χ1n) is 7.50. The first kappa shape index (κ1) is 13.0. The van der Waals surface area contributed by atoms with Gasteiger partial charge in [0.05, 0.1) is 7.11 Å². The highest BCUT2D eigenvalue weighted by molar-refractivity contribution is 5.45. The molecule has 1 aliphatic heterocycles. The van der Waals surface area contributed by atoms with Crippen LogP contribution in [-0.2, 0) is 11.8 Å². The molecule has 2 nitrogen and oxygen atoms in total. The van der Waals surface area contributed by atoms with Gasteiger partial charge in [-0.25, -0.2) is 0 Å². The third-order valence-corrected chi connectivity index (χ3v) is 5.84. The van der Waals surface area contributed by atoms with Crippen LogP contribution < -0.4 is 4.74 Å². The normalized spacial score (nSPS) is 33.9. The van der Waals surface area contributed by atoms with Gasteiger partial charge in [0.2, 0.25) is 0 Å². The van der Waals surface area contributed by atoms with E-state index in [-0.39, 0.29) is 0 Å². The topological polar surface area (TPSA) is 12.5 Å². The minimum absolute atomic E-state index is 0.360. The molecule has 0 aromatic heterocycles. The zero-order chi connectivity index (χ0) is 13.6. The van der Waals surface area contributed by atoms with E-state index < -0.39 is 0 Å². The summed E-state index contributed by atoms with van der Waals surface area (Å²) < 4.78 is 5.45. The second-order valence-electron chi connectivity index (χ2n) is 6.32. The molecule has 3 rings (SSSR count). The van der Waals surface area contributed by atoms with Gasteiger partial charge in [0.15, 0.2) is 0 Å². The van der Waals surface area contributed by atoms with Crippen molar-refractivity contribution in [2.75, 3.05) is 20.7 Å². The van der Waals surface area contributed by atoms with Gasteiger partial charge in [0.25, 0.3) is 0 Å². The van der Waals surface area contributed by atoms with Gasteiger partial charge in [-0.1, -0.05) is 19.9 Å². The van der Waals surface area contributed by atoms with E-state index in [9.17, 15) is 0 Å². The minimum atomic E-state index is 0.360. The van der Waals surface area contributed by atoms with Crippen LogP contribution in [-0.4, -0.2) is 31.6 Å². The Balaban J connectivity index is 2.15. The Kier molecular flexibility index (Phi) is 3.09. The molecule has 1 saturated heterocycles. The Labute approximate surface area is 116 Å². The lowest BCUT2D eigenvalue weighted by Gasteiger charge is -2.55. The number of piperidine rings is 1. The number of methoxy groups -OCH3 is 1. The van der Waals surface area contributed by atoms with E-state index in [4.69, 9.17) is 4.74 Å². The molecule has 0 amide bonds. The Hall–Kier alpha value is -1.02. The van der Waals surface area contributed by atoms with E-state index in [0.29, 0.717) is 11.5 Å². The quantitative estimate of drug-likeness (QED) is 0.808. The van der Waals surface area contributed by atoms with Crippen LogP contribution in [0.2, 0.25) is 0 Å². The Morgan fingerprint density at radius 3 is 2.89 bits per heavy atom. The maximum atomic E-state index is 5.45. The molecule has 104 valence electrons. The van der Waals surface area contributed by atoms with Crippen LogP contribution in [0.5, 0.6) is 5.75 Å². The zero-order valence-electron chi connectivity index (χ0n) is 12.6. The average Bonchev–Trinajstić information content (AvgIpc) is 2.43. The van der Waals surface area contributed by atoms with Crippen molar-refractivity contribution in [3.05, 3.63) is 29.3 Å². The summed E-state index contributed by atoms with van der Waals surface area (Å²) >= 11 is 0. The van der Waals surface area contributed by atoms with Gasteiger partial charge in [0, 0.05) is 11.5 Å². The lowest BCUT2D eigenvalue weighted by molar-refractivity contribution is 0.0385. The van der Waals surface area contributed by atoms with Gasteiger partial charge < -0.3 is 9.64 Å². The maximum absolute atomic E-state index is 5.45. The summed E-state index contributed by atoms with van der Waals surface area (Å²) in [6, 6.07) is 7.41. The number of benzene rings is 1. The molecule has 1 heterocycles. The van der Waals surface area contributed by atoms with Gasteiger partial charge in [-0.2, -0.15) is 0 Å². The van der Waals surface area contributed by atoms with Crippen LogP contribution in [0.3, 0.4) is 0 Å². The summed E-state index contributed by atoms with van der Waals surface area (Å²) in [7, 11) is 4.05. The number of likely N-dealkylation sites (N-methyl/N-ethyl adjacent to an activating group) is 1. The number of hydrogen-bond acceptors (Lipinski definition) is 2. The van der Waals surface area contributed by atoms with Crippen LogP contribution in [0, 0.1) is 5.92 Å². The van der Waals surface area contributed by atoms with E-state index >= 15 is 0 Å². The third kappa shape index (κ3) is 1.73. The smallest absolute Gasteiger partial charge is 0.119 e. The molecule has 1 unspecified atom stereocenters. The van der Waals surface area contributed by atoms with Gasteiger partial charge in [-0.15, -0.1) is 0 Å². The molecular weight excluding hydrogens is 234 g/mol. The molecule has 1 aromatic rings. The third-order valence-electron chi connectivity index (χ3n) is 5.84. The molecule has 1 aliphatic carbocycles. The van der Waals surface area contributed by atoms with Gasteiger partial charge in [-0.05, 0) is 62.0 Å². The Bertz CT molecular complexity index is 484. The number of likely N-dealkylation sites (tertiary alicyclic amines) is 1. The zero-order valence-corrected chi connectivity index (χ0v) is 12.6. The molecule has 2 bridgehead atoms. The summed E-state index contributed by atoms with van der Waals surface area (Å²) in [6.45, 7) is 6.03. The van der Waals surface area contributed by atoms with Gasteiger partial charge >= 0.3 is 0 Å². The fourth-order valence-corrected chi connectivity index (χ4v) is 4.47. The van der Waals surface area contributed by atoms with Crippen molar-refractivity contribution in [3.63, 3.8) is 0 Å². The van der Waals surface area contributed by atoms with Gasteiger partial charge in [0.1, 0.15) is 5.75 Å². The lowest BCUT2D eigenvalue weighted by Crippen LogP contribution is -2.57. The molecule has 0 spiro atoms. The highest BCUT2D eigenvalue weighted by Gasteiger charge is 2.49. The molecule has 1 aromatic carbocycles. The summed E-state index contributed by atoms with van der Waals surface area (Å²) in [5.74, 6) is 1.74. The molecule has 19 heavy (non-hydrogen) atoms. The van der Waals surface area contributed by atoms with Crippen LogP contribution in [0.4, 0.5) is 0 Å². The van der Waals surface area contributed by atoms with Crippen molar-refractivity contribution in [1.82, 2.24) is 4.90 Å². The lowest BCUT2D eigenvalue weighted by atomic mass is 9.57. The largest absolute Gasteiger partial charge is 0.497 e. The monoisotopic (exact) mass is 259 g/mol. The van der Waals surface area contributed by atoms with E-state index in [1.165, 1.54) is 31.4 Å².